The molecule has 0 aliphatic carbocycles. The van der Waals surface area contributed by atoms with Gasteiger partial charge in [0, 0.05) is 0 Å². The molecule has 1 aromatic rings. The van der Waals surface area contributed by atoms with Crippen LogP contribution in [0.15, 0.2) is 24.3 Å². The number of carbonyl (C=O) groups is 1. The fraction of sp³-hybridized carbons (Fsp3) is 0.417. The molecule has 0 saturated carbocycles. The summed E-state index contributed by atoms with van der Waals surface area (Å²) < 4.78 is 24.8. The Balaban J connectivity index is 2.86. The van der Waals surface area contributed by atoms with Crippen molar-refractivity contribution in [1.29, 1.82) is 0 Å². The smallest absolute Gasteiger partial charge is 0.241 e. The number of sulfonamides is 1. The van der Waals surface area contributed by atoms with E-state index in [0.29, 0.717) is 17.8 Å². The Bertz CT molecular complexity index is 543. The maximum absolute atomic E-state index is 11.8. The zero-order valence-corrected chi connectivity index (χ0v) is 11.8. The van der Waals surface area contributed by atoms with Crippen molar-refractivity contribution in [2.75, 3.05) is 16.3 Å². The maximum Gasteiger partial charge on any atom is 0.241 e. The number of benzene rings is 1. The zero-order valence-electron chi connectivity index (χ0n) is 11.0. The van der Waals surface area contributed by atoms with E-state index >= 15 is 0 Å². The number of para-hydroxylation sites is 2. The SMILES string of the molecule is CCC[C@@H](N)C(=O)Nc1ccccc1NS(C)(=O)=O. The van der Waals surface area contributed by atoms with Gasteiger partial charge in [-0.1, -0.05) is 25.5 Å². The molecule has 106 valence electrons. The average Bonchev–Trinajstić information content (AvgIpc) is 2.30. The van der Waals surface area contributed by atoms with Crippen LogP contribution in [0.25, 0.3) is 0 Å². The van der Waals surface area contributed by atoms with E-state index in [4.69, 9.17) is 5.73 Å². The summed E-state index contributed by atoms with van der Waals surface area (Å²) in [6, 6.07) is 5.96. The van der Waals surface area contributed by atoms with E-state index in [0.717, 1.165) is 12.7 Å². The normalized spacial score (nSPS) is 12.8. The van der Waals surface area contributed by atoms with Gasteiger partial charge in [0.1, 0.15) is 0 Å². The summed E-state index contributed by atoms with van der Waals surface area (Å²) in [5.41, 5.74) is 6.42. The zero-order chi connectivity index (χ0) is 14.5. The van der Waals surface area contributed by atoms with Gasteiger partial charge in [-0.2, -0.15) is 0 Å². The predicted octanol–water partition coefficient (Wildman–Crippen LogP) is 1.12. The fourth-order valence-electron chi connectivity index (χ4n) is 1.55. The molecule has 0 unspecified atom stereocenters. The number of nitrogens with two attached hydrogens (primary N) is 1. The van der Waals surface area contributed by atoms with Crippen LogP contribution in [0.1, 0.15) is 19.8 Å². The van der Waals surface area contributed by atoms with Crippen LogP contribution in [-0.4, -0.2) is 26.6 Å². The number of carbonyl (C=O) groups excluding carboxylic acids is 1. The molecule has 1 amide bonds. The van der Waals surface area contributed by atoms with Crippen molar-refractivity contribution in [3.63, 3.8) is 0 Å². The molecule has 6 nitrogen and oxygen atoms in total. The number of hydrogen-bond donors (Lipinski definition) is 3. The van der Waals surface area contributed by atoms with Crippen LogP contribution in [0.5, 0.6) is 0 Å². The third-order valence-electron chi connectivity index (χ3n) is 2.42. The standard InChI is InChI=1S/C12H19N3O3S/c1-3-6-9(13)12(16)14-10-7-4-5-8-11(10)15-19(2,17)18/h4-5,7-9,15H,3,6,13H2,1-2H3,(H,14,16)/t9-/m1/s1. The minimum Gasteiger partial charge on any atom is -0.323 e. The third-order valence-corrected chi connectivity index (χ3v) is 3.01. The second-order valence-electron chi connectivity index (χ2n) is 4.30. The molecule has 19 heavy (non-hydrogen) atoms. The molecular weight excluding hydrogens is 266 g/mol. The Morgan fingerprint density at radius 1 is 1.32 bits per heavy atom. The lowest BCUT2D eigenvalue weighted by molar-refractivity contribution is -0.117. The Kier molecular flexibility index (Phi) is 5.31. The second kappa shape index (κ2) is 6.53. The Morgan fingerprint density at radius 2 is 1.89 bits per heavy atom. The molecule has 0 saturated heterocycles. The third kappa shape index (κ3) is 5.27. The van der Waals surface area contributed by atoms with Crippen molar-refractivity contribution in [2.45, 2.75) is 25.8 Å². The number of hydrogen-bond acceptors (Lipinski definition) is 4. The van der Waals surface area contributed by atoms with E-state index in [1.165, 1.54) is 0 Å². The minimum absolute atomic E-state index is 0.321. The first-order chi connectivity index (χ1) is 8.83. The fourth-order valence-corrected chi connectivity index (χ4v) is 2.13. The summed E-state index contributed by atoms with van der Waals surface area (Å²) in [6.45, 7) is 1.94. The van der Waals surface area contributed by atoms with Gasteiger partial charge in [-0.3, -0.25) is 9.52 Å². The Morgan fingerprint density at radius 3 is 2.42 bits per heavy atom. The molecule has 7 heteroatoms. The molecule has 0 aromatic heterocycles. The van der Waals surface area contributed by atoms with Crippen molar-refractivity contribution < 1.29 is 13.2 Å². The van der Waals surface area contributed by atoms with Gasteiger partial charge < -0.3 is 11.1 Å². The highest BCUT2D eigenvalue weighted by molar-refractivity contribution is 7.92. The largest absolute Gasteiger partial charge is 0.323 e. The molecule has 1 aromatic carbocycles. The van der Waals surface area contributed by atoms with Gasteiger partial charge >= 0.3 is 0 Å². The lowest BCUT2D eigenvalue weighted by atomic mass is 10.1. The first kappa shape index (κ1) is 15.5. The monoisotopic (exact) mass is 285 g/mol. The number of anilines is 2. The molecule has 4 N–H and O–H groups in total. The number of nitrogens with one attached hydrogen (secondary N) is 2. The lowest BCUT2D eigenvalue weighted by Crippen LogP contribution is -2.35. The van der Waals surface area contributed by atoms with Crippen LogP contribution in [0.2, 0.25) is 0 Å². The van der Waals surface area contributed by atoms with Crippen molar-refractivity contribution in [3.05, 3.63) is 24.3 Å². The van der Waals surface area contributed by atoms with E-state index in [9.17, 15) is 13.2 Å². The summed E-state index contributed by atoms with van der Waals surface area (Å²) in [4.78, 5) is 11.8. The van der Waals surface area contributed by atoms with Crippen molar-refractivity contribution in [1.82, 2.24) is 0 Å². The molecule has 0 aliphatic heterocycles. The Hall–Kier alpha value is -1.60. The van der Waals surface area contributed by atoms with Gasteiger partial charge in [-0.15, -0.1) is 0 Å². The lowest BCUT2D eigenvalue weighted by Gasteiger charge is -2.14. The van der Waals surface area contributed by atoms with Crippen molar-refractivity contribution in [2.24, 2.45) is 5.73 Å². The summed E-state index contributed by atoms with van der Waals surface area (Å²) >= 11 is 0. The van der Waals surface area contributed by atoms with Gasteiger partial charge in [-0.05, 0) is 18.6 Å². The van der Waals surface area contributed by atoms with Gasteiger partial charge in [0.2, 0.25) is 15.9 Å². The molecule has 0 spiro atoms. The molecule has 0 heterocycles. The van der Waals surface area contributed by atoms with E-state index in [1.54, 1.807) is 24.3 Å². The van der Waals surface area contributed by atoms with E-state index in [-0.39, 0.29) is 5.91 Å². The van der Waals surface area contributed by atoms with Gasteiger partial charge in [0.05, 0.1) is 23.7 Å². The summed E-state index contributed by atoms with van der Waals surface area (Å²) in [5, 5.41) is 2.63. The van der Waals surface area contributed by atoms with Crippen LogP contribution in [0, 0.1) is 0 Å². The summed E-state index contributed by atoms with van der Waals surface area (Å²) in [5.74, 6) is -0.329. The highest BCUT2D eigenvalue weighted by Gasteiger charge is 2.14. The first-order valence-electron chi connectivity index (χ1n) is 5.96. The van der Waals surface area contributed by atoms with Crippen LogP contribution >= 0.6 is 0 Å². The maximum atomic E-state index is 11.8. The minimum atomic E-state index is -3.40. The van der Waals surface area contributed by atoms with E-state index < -0.39 is 16.1 Å². The van der Waals surface area contributed by atoms with Crippen molar-refractivity contribution in [3.8, 4) is 0 Å². The molecular formula is C12H19N3O3S. The van der Waals surface area contributed by atoms with Crippen LogP contribution < -0.4 is 15.8 Å². The van der Waals surface area contributed by atoms with Gasteiger partial charge in [0.15, 0.2) is 0 Å². The van der Waals surface area contributed by atoms with Crippen LogP contribution in [0.3, 0.4) is 0 Å². The van der Waals surface area contributed by atoms with Gasteiger partial charge in [-0.25, -0.2) is 8.42 Å². The Labute approximate surface area is 113 Å². The van der Waals surface area contributed by atoms with Crippen LogP contribution in [0.4, 0.5) is 11.4 Å². The molecule has 0 bridgehead atoms. The molecule has 0 radical (unpaired) electrons. The topological polar surface area (TPSA) is 101 Å². The van der Waals surface area contributed by atoms with E-state index in [1.807, 2.05) is 6.92 Å². The van der Waals surface area contributed by atoms with Crippen molar-refractivity contribution >= 4 is 27.3 Å². The molecule has 1 atom stereocenters. The average molecular weight is 285 g/mol. The van der Waals surface area contributed by atoms with Crippen LogP contribution in [-0.2, 0) is 14.8 Å². The highest BCUT2D eigenvalue weighted by atomic mass is 32.2. The van der Waals surface area contributed by atoms with Gasteiger partial charge in [0.25, 0.3) is 0 Å². The summed E-state index contributed by atoms with van der Waals surface area (Å²) in [7, 11) is -3.40. The number of amides is 1. The summed E-state index contributed by atoms with van der Waals surface area (Å²) in [6.07, 6.45) is 2.43. The first-order valence-corrected chi connectivity index (χ1v) is 7.86. The quantitative estimate of drug-likeness (QED) is 0.729. The van der Waals surface area contributed by atoms with E-state index in [2.05, 4.69) is 10.0 Å². The number of rotatable bonds is 6. The molecule has 1 rings (SSSR count). The molecule has 0 aliphatic rings. The predicted molar refractivity (Wildman–Crippen MR) is 76.4 cm³/mol. The molecule has 0 fully saturated rings. The highest BCUT2D eigenvalue weighted by Crippen LogP contribution is 2.22. The second-order valence-corrected chi connectivity index (χ2v) is 6.05.